The van der Waals surface area contributed by atoms with Gasteiger partial charge in [-0.3, -0.25) is 18.8 Å². The minimum absolute atomic E-state index is 0.0437. The number of aryl methyl sites for hydroxylation is 1. The van der Waals surface area contributed by atoms with E-state index in [0.717, 1.165) is 11.3 Å². The molecular weight excluding hydrogens is 482 g/mol. The number of hydrogen-bond donors (Lipinski definition) is 1. The van der Waals surface area contributed by atoms with Crippen molar-refractivity contribution in [3.05, 3.63) is 64.6 Å². The molecule has 1 amide bonds. The van der Waals surface area contributed by atoms with Gasteiger partial charge in [0.1, 0.15) is 22.8 Å². The number of anilines is 1. The molecular formula is C25H27N5O5S. The zero-order chi connectivity index (χ0) is 25.7. The van der Waals surface area contributed by atoms with Crippen molar-refractivity contribution in [1.82, 2.24) is 19.3 Å². The molecule has 0 radical (unpaired) electrons. The highest BCUT2D eigenvalue weighted by Gasteiger charge is 2.17. The maximum absolute atomic E-state index is 13.4. The van der Waals surface area contributed by atoms with Crippen molar-refractivity contribution in [2.24, 2.45) is 0 Å². The van der Waals surface area contributed by atoms with Crippen LogP contribution >= 0.6 is 11.8 Å². The molecule has 4 aromatic rings. The van der Waals surface area contributed by atoms with Crippen LogP contribution in [0.2, 0.25) is 0 Å². The highest BCUT2D eigenvalue weighted by Crippen LogP contribution is 2.26. The molecule has 0 spiro atoms. The topological polar surface area (TPSA) is 110 Å². The lowest BCUT2D eigenvalue weighted by Gasteiger charge is -2.13. The highest BCUT2D eigenvalue weighted by molar-refractivity contribution is 7.99. The number of nitrogens with zero attached hydrogens (tertiary/aromatic N) is 4. The van der Waals surface area contributed by atoms with Crippen LogP contribution < -0.4 is 25.1 Å². The molecule has 10 nitrogen and oxygen atoms in total. The van der Waals surface area contributed by atoms with Crippen LogP contribution in [0.1, 0.15) is 12.5 Å². The standard InChI is InChI=1S/C25H27N5O5S/c1-5-29-14-21-23(28-29)24(32)30(13-16-6-8-18(33-2)9-7-16)25(27-21)36-15-22(31)26-17-10-19(34-3)12-20(11-17)35-4/h6-12,14H,5,13,15H2,1-4H3,(H,26,31). The lowest BCUT2D eigenvalue weighted by molar-refractivity contribution is -0.113. The van der Waals surface area contributed by atoms with Gasteiger partial charge >= 0.3 is 0 Å². The maximum atomic E-state index is 13.4. The molecule has 0 aliphatic carbocycles. The molecule has 0 aliphatic rings. The van der Waals surface area contributed by atoms with E-state index in [-0.39, 0.29) is 23.8 Å². The van der Waals surface area contributed by atoms with Gasteiger partial charge in [0.05, 0.1) is 39.8 Å². The number of carbonyl (C=O) groups excluding carboxylic acids is 1. The van der Waals surface area contributed by atoms with Crippen LogP contribution in [0.25, 0.3) is 11.0 Å². The van der Waals surface area contributed by atoms with Crippen LogP contribution in [0.3, 0.4) is 0 Å². The van der Waals surface area contributed by atoms with E-state index in [9.17, 15) is 9.59 Å². The SMILES string of the molecule is CCn1cc2nc(SCC(=O)Nc3cc(OC)cc(OC)c3)n(Cc3ccc(OC)cc3)c(=O)c2n1. The second-order valence-electron chi connectivity index (χ2n) is 7.79. The van der Waals surface area contributed by atoms with Gasteiger partial charge in [-0.05, 0) is 24.6 Å². The third-order valence-corrected chi connectivity index (χ3v) is 6.40. The number of aromatic nitrogens is 4. The summed E-state index contributed by atoms with van der Waals surface area (Å²) in [5.41, 5.74) is 1.96. The molecule has 188 valence electrons. The molecule has 36 heavy (non-hydrogen) atoms. The Bertz CT molecular complexity index is 1410. The van der Waals surface area contributed by atoms with Crippen molar-refractivity contribution in [3.8, 4) is 17.2 Å². The van der Waals surface area contributed by atoms with E-state index >= 15 is 0 Å². The molecule has 0 fully saturated rings. The minimum Gasteiger partial charge on any atom is -0.497 e. The second kappa shape index (κ2) is 11.2. The molecule has 0 aliphatic heterocycles. The molecule has 2 heterocycles. The van der Waals surface area contributed by atoms with E-state index < -0.39 is 0 Å². The number of carbonyl (C=O) groups is 1. The Kier molecular flexibility index (Phi) is 7.79. The molecule has 4 rings (SSSR count). The molecule has 0 saturated heterocycles. The lowest BCUT2D eigenvalue weighted by Crippen LogP contribution is -2.25. The summed E-state index contributed by atoms with van der Waals surface area (Å²) in [4.78, 5) is 30.8. The van der Waals surface area contributed by atoms with Crippen molar-refractivity contribution in [2.45, 2.75) is 25.2 Å². The van der Waals surface area contributed by atoms with Crippen LogP contribution in [-0.2, 0) is 17.9 Å². The summed E-state index contributed by atoms with van der Waals surface area (Å²) in [6.45, 7) is 2.83. The number of benzene rings is 2. The fourth-order valence-corrected chi connectivity index (χ4v) is 4.35. The van der Waals surface area contributed by atoms with Crippen molar-refractivity contribution in [1.29, 1.82) is 0 Å². The molecule has 2 aromatic heterocycles. The Morgan fingerprint density at radius 1 is 1.00 bits per heavy atom. The summed E-state index contributed by atoms with van der Waals surface area (Å²) >= 11 is 1.18. The van der Waals surface area contributed by atoms with E-state index in [2.05, 4.69) is 15.4 Å². The third-order valence-electron chi connectivity index (χ3n) is 5.43. The van der Waals surface area contributed by atoms with Gasteiger partial charge in [-0.2, -0.15) is 5.10 Å². The van der Waals surface area contributed by atoms with Gasteiger partial charge in [0.15, 0.2) is 10.7 Å². The lowest BCUT2D eigenvalue weighted by atomic mass is 10.2. The third kappa shape index (κ3) is 5.62. The van der Waals surface area contributed by atoms with Gasteiger partial charge < -0.3 is 19.5 Å². The van der Waals surface area contributed by atoms with Crippen molar-refractivity contribution in [3.63, 3.8) is 0 Å². The summed E-state index contributed by atoms with van der Waals surface area (Å²) in [5.74, 6) is 1.63. The molecule has 0 atom stereocenters. The molecule has 11 heteroatoms. The first-order valence-electron chi connectivity index (χ1n) is 11.2. The quantitative estimate of drug-likeness (QED) is 0.256. The van der Waals surface area contributed by atoms with E-state index in [4.69, 9.17) is 14.2 Å². The largest absolute Gasteiger partial charge is 0.497 e. The zero-order valence-electron chi connectivity index (χ0n) is 20.5. The fourth-order valence-electron chi connectivity index (χ4n) is 3.56. The van der Waals surface area contributed by atoms with Crippen molar-refractivity contribution in [2.75, 3.05) is 32.4 Å². The van der Waals surface area contributed by atoms with Gasteiger partial charge in [0.2, 0.25) is 5.91 Å². The van der Waals surface area contributed by atoms with Gasteiger partial charge in [-0.15, -0.1) is 0 Å². The Labute approximate surface area is 212 Å². The van der Waals surface area contributed by atoms with E-state index in [1.807, 2.05) is 31.2 Å². The first-order chi connectivity index (χ1) is 17.4. The Morgan fingerprint density at radius 3 is 2.28 bits per heavy atom. The molecule has 0 saturated carbocycles. The fraction of sp³-hybridized carbons (Fsp3) is 0.280. The van der Waals surface area contributed by atoms with Gasteiger partial charge in [0.25, 0.3) is 5.56 Å². The van der Waals surface area contributed by atoms with Crippen LogP contribution in [0.4, 0.5) is 5.69 Å². The van der Waals surface area contributed by atoms with E-state index in [1.54, 1.807) is 55.0 Å². The summed E-state index contributed by atoms with van der Waals surface area (Å²) in [6, 6.07) is 12.6. The average molecular weight is 510 g/mol. The predicted octanol–water partition coefficient (Wildman–Crippen LogP) is 3.42. The van der Waals surface area contributed by atoms with Crippen LogP contribution in [-0.4, -0.2) is 52.3 Å². The Hall–Kier alpha value is -3.99. The summed E-state index contributed by atoms with van der Waals surface area (Å²) in [7, 11) is 4.68. The number of thioether (sulfide) groups is 1. The van der Waals surface area contributed by atoms with Crippen LogP contribution in [0.5, 0.6) is 17.2 Å². The number of amides is 1. The van der Waals surface area contributed by atoms with Crippen molar-refractivity contribution < 1.29 is 19.0 Å². The van der Waals surface area contributed by atoms with Crippen molar-refractivity contribution >= 4 is 34.4 Å². The smallest absolute Gasteiger partial charge is 0.282 e. The van der Waals surface area contributed by atoms with E-state index in [1.165, 1.54) is 11.8 Å². The molecule has 2 aromatic carbocycles. The van der Waals surface area contributed by atoms with Gasteiger partial charge in [0, 0.05) is 30.4 Å². The maximum Gasteiger partial charge on any atom is 0.282 e. The predicted molar refractivity (Wildman–Crippen MR) is 138 cm³/mol. The van der Waals surface area contributed by atoms with Crippen LogP contribution in [0, 0.1) is 0 Å². The number of methoxy groups -OCH3 is 3. The summed E-state index contributed by atoms with van der Waals surface area (Å²) in [6.07, 6.45) is 1.74. The molecule has 0 bridgehead atoms. The number of ether oxygens (including phenoxy) is 3. The Morgan fingerprint density at radius 2 is 1.67 bits per heavy atom. The number of nitrogens with one attached hydrogen (secondary N) is 1. The number of hydrogen-bond acceptors (Lipinski definition) is 8. The van der Waals surface area contributed by atoms with Crippen LogP contribution in [0.15, 0.2) is 58.6 Å². The zero-order valence-corrected chi connectivity index (χ0v) is 21.3. The normalized spacial score (nSPS) is 10.9. The summed E-state index contributed by atoms with van der Waals surface area (Å²) < 4.78 is 19.0. The monoisotopic (exact) mass is 509 g/mol. The number of fused-ring (bicyclic) bond motifs is 1. The minimum atomic E-state index is -0.261. The molecule has 1 N–H and O–H groups in total. The second-order valence-corrected chi connectivity index (χ2v) is 8.73. The summed E-state index contributed by atoms with van der Waals surface area (Å²) in [5, 5.41) is 7.65. The van der Waals surface area contributed by atoms with E-state index in [0.29, 0.717) is 39.9 Å². The number of rotatable bonds is 10. The van der Waals surface area contributed by atoms with Gasteiger partial charge in [-0.25, -0.2) is 4.98 Å². The average Bonchev–Trinajstić information content (AvgIpc) is 3.33. The highest BCUT2D eigenvalue weighted by atomic mass is 32.2. The molecule has 0 unspecified atom stereocenters. The van der Waals surface area contributed by atoms with Gasteiger partial charge in [-0.1, -0.05) is 23.9 Å². The first-order valence-corrected chi connectivity index (χ1v) is 12.2. The Balaban J connectivity index is 1.60. The first kappa shape index (κ1) is 25.1.